The average Bonchev–Trinajstić information content (AvgIpc) is 2.39. The van der Waals surface area contributed by atoms with Crippen LogP contribution in [-0.2, 0) is 14.8 Å². The quantitative estimate of drug-likeness (QED) is 0.846. The standard InChI is InChI=1S/C13H24N2O3S/c1-19(17,18)15-9-7-11(8-10-15)13(16)14-12-5-3-2-4-6-12/h11-12H,2-10H2,1H3,(H,14,16). The number of nitrogens with zero attached hydrogens (tertiary/aromatic N) is 1. The first-order valence-electron chi connectivity index (χ1n) is 7.22. The summed E-state index contributed by atoms with van der Waals surface area (Å²) in [4.78, 5) is 12.1. The van der Waals surface area contributed by atoms with E-state index in [0.717, 1.165) is 12.8 Å². The monoisotopic (exact) mass is 288 g/mol. The summed E-state index contributed by atoms with van der Waals surface area (Å²) in [6.07, 6.45) is 8.39. The molecule has 1 heterocycles. The number of sulfonamides is 1. The van der Waals surface area contributed by atoms with Gasteiger partial charge in [0, 0.05) is 25.0 Å². The molecule has 19 heavy (non-hydrogen) atoms. The molecule has 0 aromatic heterocycles. The number of piperidine rings is 1. The van der Waals surface area contributed by atoms with Crippen LogP contribution in [0.2, 0.25) is 0 Å². The van der Waals surface area contributed by atoms with Gasteiger partial charge in [-0.1, -0.05) is 19.3 Å². The third kappa shape index (κ3) is 4.18. The highest BCUT2D eigenvalue weighted by atomic mass is 32.2. The van der Waals surface area contributed by atoms with E-state index in [1.54, 1.807) is 0 Å². The topological polar surface area (TPSA) is 66.5 Å². The van der Waals surface area contributed by atoms with Gasteiger partial charge in [-0.25, -0.2) is 12.7 Å². The van der Waals surface area contributed by atoms with Crippen molar-refractivity contribution in [3.05, 3.63) is 0 Å². The fraction of sp³-hybridized carbons (Fsp3) is 0.923. The van der Waals surface area contributed by atoms with Crippen molar-refractivity contribution >= 4 is 15.9 Å². The third-order valence-corrected chi connectivity index (χ3v) is 5.55. The van der Waals surface area contributed by atoms with Gasteiger partial charge >= 0.3 is 0 Å². The van der Waals surface area contributed by atoms with E-state index < -0.39 is 10.0 Å². The Morgan fingerprint density at radius 2 is 1.63 bits per heavy atom. The Labute approximate surface area is 115 Å². The first-order valence-corrected chi connectivity index (χ1v) is 9.07. The van der Waals surface area contributed by atoms with Gasteiger partial charge in [0.05, 0.1) is 6.26 Å². The van der Waals surface area contributed by atoms with Crippen LogP contribution in [0.3, 0.4) is 0 Å². The highest BCUT2D eigenvalue weighted by Crippen LogP contribution is 2.22. The van der Waals surface area contributed by atoms with Gasteiger partial charge in [0.2, 0.25) is 15.9 Å². The van der Waals surface area contributed by atoms with E-state index in [4.69, 9.17) is 0 Å². The average molecular weight is 288 g/mol. The van der Waals surface area contributed by atoms with E-state index in [2.05, 4.69) is 5.32 Å². The van der Waals surface area contributed by atoms with Crippen LogP contribution >= 0.6 is 0 Å². The Morgan fingerprint density at radius 1 is 1.05 bits per heavy atom. The fourth-order valence-electron chi connectivity index (χ4n) is 3.02. The number of amides is 1. The van der Waals surface area contributed by atoms with Crippen molar-refractivity contribution in [2.24, 2.45) is 5.92 Å². The molecule has 1 saturated heterocycles. The Balaban J connectivity index is 1.79. The Kier molecular flexibility index (Phi) is 4.84. The third-order valence-electron chi connectivity index (χ3n) is 4.25. The number of hydrogen-bond donors (Lipinski definition) is 1. The first-order chi connectivity index (χ1) is 8.97. The molecule has 5 nitrogen and oxygen atoms in total. The van der Waals surface area contributed by atoms with Gasteiger partial charge in [-0.15, -0.1) is 0 Å². The van der Waals surface area contributed by atoms with Crippen molar-refractivity contribution in [3.63, 3.8) is 0 Å². The van der Waals surface area contributed by atoms with Crippen molar-refractivity contribution in [2.75, 3.05) is 19.3 Å². The Hall–Kier alpha value is -0.620. The van der Waals surface area contributed by atoms with Crippen molar-refractivity contribution in [2.45, 2.75) is 51.0 Å². The van der Waals surface area contributed by atoms with Gasteiger partial charge in [-0.2, -0.15) is 0 Å². The lowest BCUT2D eigenvalue weighted by atomic mass is 9.93. The molecule has 0 radical (unpaired) electrons. The second kappa shape index (κ2) is 6.22. The Morgan fingerprint density at radius 3 is 2.16 bits per heavy atom. The molecular weight excluding hydrogens is 264 g/mol. The van der Waals surface area contributed by atoms with Gasteiger partial charge in [-0.3, -0.25) is 4.79 Å². The zero-order chi connectivity index (χ0) is 13.9. The zero-order valence-corrected chi connectivity index (χ0v) is 12.4. The summed E-state index contributed by atoms with van der Waals surface area (Å²) in [5.41, 5.74) is 0. The molecule has 1 saturated carbocycles. The van der Waals surface area contributed by atoms with E-state index in [9.17, 15) is 13.2 Å². The molecule has 2 rings (SSSR count). The van der Waals surface area contributed by atoms with Crippen molar-refractivity contribution in [1.82, 2.24) is 9.62 Å². The first kappa shape index (κ1) is 14.8. The second-order valence-corrected chi connectivity index (χ2v) is 7.76. The molecule has 110 valence electrons. The predicted molar refractivity (Wildman–Crippen MR) is 74.2 cm³/mol. The van der Waals surface area contributed by atoms with Crippen LogP contribution in [0.4, 0.5) is 0 Å². The normalized spacial score (nSPS) is 24.3. The molecule has 1 amide bonds. The summed E-state index contributed by atoms with van der Waals surface area (Å²) in [7, 11) is -3.10. The number of rotatable bonds is 3. The summed E-state index contributed by atoms with van der Waals surface area (Å²) in [5.74, 6) is 0.111. The maximum absolute atomic E-state index is 12.1. The highest BCUT2D eigenvalue weighted by Gasteiger charge is 2.29. The molecule has 1 N–H and O–H groups in total. The summed E-state index contributed by atoms with van der Waals surface area (Å²) >= 11 is 0. The molecule has 0 aromatic rings. The summed E-state index contributed by atoms with van der Waals surface area (Å²) < 4.78 is 24.3. The van der Waals surface area contributed by atoms with E-state index in [-0.39, 0.29) is 11.8 Å². The van der Waals surface area contributed by atoms with Crippen molar-refractivity contribution < 1.29 is 13.2 Å². The number of carbonyl (C=O) groups is 1. The molecule has 1 aliphatic heterocycles. The largest absolute Gasteiger partial charge is 0.353 e. The van der Waals surface area contributed by atoms with Crippen LogP contribution in [0.15, 0.2) is 0 Å². The molecule has 1 aliphatic carbocycles. The van der Waals surface area contributed by atoms with Crippen LogP contribution < -0.4 is 5.32 Å². The van der Waals surface area contributed by atoms with E-state index in [1.165, 1.54) is 29.8 Å². The lowest BCUT2D eigenvalue weighted by Gasteiger charge is -2.31. The molecule has 6 heteroatoms. The number of nitrogens with one attached hydrogen (secondary N) is 1. The maximum Gasteiger partial charge on any atom is 0.223 e. The smallest absolute Gasteiger partial charge is 0.223 e. The summed E-state index contributed by atoms with van der Waals surface area (Å²) in [5, 5.41) is 3.14. The lowest BCUT2D eigenvalue weighted by molar-refractivity contribution is -0.127. The fourth-order valence-corrected chi connectivity index (χ4v) is 3.89. The Bertz CT molecular complexity index is 408. The van der Waals surface area contributed by atoms with Crippen molar-refractivity contribution in [1.29, 1.82) is 0 Å². The van der Waals surface area contributed by atoms with Gasteiger partial charge in [0.25, 0.3) is 0 Å². The molecule has 0 unspecified atom stereocenters. The minimum atomic E-state index is -3.10. The lowest BCUT2D eigenvalue weighted by Crippen LogP contribution is -2.45. The van der Waals surface area contributed by atoms with Crippen molar-refractivity contribution in [3.8, 4) is 0 Å². The molecule has 0 spiro atoms. The summed E-state index contributed by atoms with van der Waals surface area (Å²) in [6, 6.07) is 0.342. The van der Waals surface area contributed by atoms with E-state index in [0.29, 0.717) is 32.0 Å². The highest BCUT2D eigenvalue weighted by molar-refractivity contribution is 7.88. The van der Waals surface area contributed by atoms with E-state index in [1.807, 2.05) is 0 Å². The molecule has 0 bridgehead atoms. The van der Waals surface area contributed by atoms with Gasteiger partial charge in [0.15, 0.2) is 0 Å². The van der Waals surface area contributed by atoms with Crippen LogP contribution in [0, 0.1) is 5.92 Å². The van der Waals surface area contributed by atoms with Gasteiger partial charge in [0.1, 0.15) is 0 Å². The molecule has 0 atom stereocenters. The molecule has 2 aliphatic rings. The second-order valence-electron chi connectivity index (χ2n) is 5.78. The van der Waals surface area contributed by atoms with Gasteiger partial charge < -0.3 is 5.32 Å². The van der Waals surface area contributed by atoms with Crippen LogP contribution in [0.5, 0.6) is 0 Å². The minimum absolute atomic E-state index is 0.0140. The van der Waals surface area contributed by atoms with Crippen LogP contribution in [0.25, 0.3) is 0 Å². The minimum Gasteiger partial charge on any atom is -0.353 e. The number of carbonyl (C=O) groups excluding carboxylic acids is 1. The molecular formula is C13H24N2O3S. The van der Waals surface area contributed by atoms with Crippen LogP contribution in [0.1, 0.15) is 44.9 Å². The molecule has 2 fully saturated rings. The summed E-state index contributed by atoms with van der Waals surface area (Å²) in [6.45, 7) is 0.948. The zero-order valence-electron chi connectivity index (χ0n) is 11.6. The van der Waals surface area contributed by atoms with Gasteiger partial charge in [-0.05, 0) is 25.7 Å². The van der Waals surface area contributed by atoms with Crippen LogP contribution in [-0.4, -0.2) is 44.0 Å². The predicted octanol–water partition coefficient (Wildman–Crippen LogP) is 1.11. The number of hydrogen-bond acceptors (Lipinski definition) is 3. The van der Waals surface area contributed by atoms with E-state index >= 15 is 0 Å². The maximum atomic E-state index is 12.1. The SMILES string of the molecule is CS(=O)(=O)N1CCC(C(=O)NC2CCCCC2)CC1. The molecule has 0 aromatic carbocycles.